The van der Waals surface area contributed by atoms with Gasteiger partial charge in [0.05, 0.1) is 5.92 Å². The molecule has 0 heterocycles. The summed E-state index contributed by atoms with van der Waals surface area (Å²) in [4.78, 5) is 22.2. The smallest absolute Gasteiger partial charge is 0.239 e. The van der Waals surface area contributed by atoms with Crippen LogP contribution < -0.4 is 16.8 Å². The fourth-order valence-electron chi connectivity index (χ4n) is 0.984. The molecule has 86 valence electrons. The molecule has 0 aliphatic rings. The molecule has 0 aromatic carbocycles. The third-order valence-electron chi connectivity index (χ3n) is 1.98. The Hall–Kier alpha value is -1.79. The van der Waals surface area contributed by atoms with E-state index in [4.69, 9.17) is 16.7 Å². The quantitative estimate of drug-likeness (QED) is 0.198. The lowest BCUT2D eigenvalue weighted by Crippen LogP contribution is -2.47. The number of primary amides is 1. The van der Waals surface area contributed by atoms with Gasteiger partial charge in [0, 0.05) is 0 Å². The SMILES string of the molecule is CCC(C(=O)NC(C)C(N)=O)C(N)=NO. The third kappa shape index (κ3) is 3.84. The van der Waals surface area contributed by atoms with Gasteiger partial charge in [0.25, 0.3) is 0 Å². The number of hydrogen-bond donors (Lipinski definition) is 4. The molecule has 7 nitrogen and oxygen atoms in total. The van der Waals surface area contributed by atoms with Crippen LogP contribution in [0.1, 0.15) is 20.3 Å². The van der Waals surface area contributed by atoms with Crippen molar-refractivity contribution in [1.29, 1.82) is 0 Å². The molecule has 7 heteroatoms. The topological polar surface area (TPSA) is 131 Å². The molecule has 15 heavy (non-hydrogen) atoms. The van der Waals surface area contributed by atoms with E-state index in [0.29, 0.717) is 6.42 Å². The molecular weight excluding hydrogens is 200 g/mol. The van der Waals surface area contributed by atoms with E-state index >= 15 is 0 Å². The second-order valence-corrected chi connectivity index (χ2v) is 3.12. The molecule has 0 saturated carbocycles. The van der Waals surface area contributed by atoms with E-state index in [1.807, 2.05) is 0 Å². The van der Waals surface area contributed by atoms with Gasteiger partial charge < -0.3 is 22.0 Å². The van der Waals surface area contributed by atoms with Crippen molar-refractivity contribution in [3.63, 3.8) is 0 Å². The molecule has 0 rings (SSSR count). The van der Waals surface area contributed by atoms with Crippen LogP contribution in [0.15, 0.2) is 5.16 Å². The molecule has 2 atom stereocenters. The standard InChI is InChI=1S/C8H16N4O3/c1-3-5(6(9)12-15)8(14)11-4(2)7(10)13/h4-5,15H,3H2,1-2H3,(H2,9,12)(H2,10,13)(H,11,14). The number of nitrogens with zero attached hydrogens (tertiary/aromatic N) is 1. The predicted molar refractivity (Wildman–Crippen MR) is 54.0 cm³/mol. The summed E-state index contributed by atoms with van der Waals surface area (Å²) in [6.07, 6.45) is 0.368. The van der Waals surface area contributed by atoms with Crippen LogP contribution in [0.5, 0.6) is 0 Å². The average Bonchev–Trinajstić information content (AvgIpc) is 2.18. The third-order valence-corrected chi connectivity index (χ3v) is 1.98. The van der Waals surface area contributed by atoms with Crippen molar-refractivity contribution < 1.29 is 14.8 Å². The van der Waals surface area contributed by atoms with E-state index < -0.39 is 23.8 Å². The Morgan fingerprint density at radius 1 is 1.47 bits per heavy atom. The Bertz CT molecular complexity index is 277. The minimum Gasteiger partial charge on any atom is -0.409 e. The maximum Gasteiger partial charge on any atom is 0.239 e. The number of carbonyl (C=O) groups excluding carboxylic acids is 2. The molecule has 0 fully saturated rings. The van der Waals surface area contributed by atoms with Gasteiger partial charge in [-0.05, 0) is 13.3 Å². The fraction of sp³-hybridized carbons (Fsp3) is 0.625. The molecule has 0 bridgehead atoms. The molecule has 0 spiro atoms. The van der Waals surface area contributed by atoms with Gasteiger partial charge in [-0.3, -0.25) is 9.59 Å². The van der Waals surface area contributed by atoms with Crippen molar-refractivity contribution in [1.82, 2.24) is 5.32 Å². The number of hydrogen-bond acceptors (Lipinski definition) is 4. The normalized spacial score (nSPS) is 15.5. The lowest BCUT2D eigenvalue weighted by Gasteiger charge is -2.16. The maximum absolute atomic E-state index is 11.5. The van der Waals surface area contributed by atoms with Gasteiger partial charge in [0.2, 0.25) is 11.8 Å². The molecule has 0 aromatic rings. The van der Waals surface area contributed by atoms with Crippen molar-refractivity contribution in [2.45, 2.75) is 26.3 Å². The van der Waals surface area contributed by atoms with E-state index in [2.05, 4.69) is 10.5 Å². The van der Waals surface area contributed by atoms with Gasteiger partial charge in [-0.15, -0.1) is 0 Å². The van der Waals surface area contributed by atoms with Gasteiger partial charge in [-0.2, -0.15) is 0 Å². The second-order valence-electron chi connectivity index (χ2n) is 3.12. The minimum absolute atomic E-state index is 0.188. The van der Waals surface area contributed by atoms with Crippen LogP contribution in [-0.4, -0.2) is 28.9 Å². The number of amides is 2. The van der Waals surface area contributed by atoms with Crippen molar-refractivity contribution >= 4 is 17.6 Å². The molecule has 2 amide bonds. The van der Waals surface area contributed by atoms with E-state index in [9.17, 15) is 9.59 Å². The summed E-state index contributed by atoms with van der Waals surface area (Å²) in [6, 6.07) is -0.780. The number of nitrogens with one attached hydrogen (secondary N) is 1. The first kappa shape index (κ1) is 13.2. The average molecular weight is 216 g/mol. The molecule has 0 aliphatic carbocycles. The van der Waals surface area contributed by atoms with Gasteiger partial charge in [0.1, 0.15) is 6.04 Å². The van der Waals surface area contributed by atoms with Gasteiger partial charge in [-0.1, -0.05) is 12.1 Å². The van der Waals surface area contributed by atoms with E-state index in [-0.39, 0.29) is 5.84 Å². The van der Waals surface area contributed by atoms with Crippen LogP contribution >= 0.6 is 0 Å². The van der Waals surface area contributed by atoms with Crippen molar-refractivity contribution in [2.75, 3.05) is 0 Å². The number of nitrogens with two attached hydrogens (primary N) is 2. The second kappa shape index (κ2) is 5.84. The molecule has 0 radical (unpaired) electrons. The molecule has 6 N–H and O–H groups in total. The first-order valence-corrected chi connectivity index (χ1v) is 4.51. The first-order chi connectivity index (χ1) is 6.93. The number of carbonyl (C=O) groups is 2. The summed E-state index contributed by atoms with van der Waals surface area (Å²) in [5.41, 5.74) is 10.3. The molecule has 0 aliphatic heterocycles. The van der Waals surface area contributed by atoms with Crippen molar-refractivity contribution in [3.8, 4) is 0 Å². The highest BCUT2D eigenvalue weighted by molar-refractivity contribution is 6.03. The van der Waals surface area contributed by atoms with Crippen LogP contribution in [-0.2, 0) is 9.59 Å². The zero-order valence-electron chi connectivity index (χ0n) is 8.73. The molecular formula is C8H16N4O3. The highest BCUT2D eigenvalue weighted by Crippen LogP contribution is 2.03. The molecule has 2 unspecified atom stereocenters. The number of oxime groups is 1. The van der Waals surface area contributed by atoms with Gasteiger partial charge in [-0.25, -0.2) is 0 Å². The zero-order chi connectivity index (χ0) is 12.0. The minimum atomic E-state index is -0.780. The summed E-state index contributed by atoms with van der Waals surface area (Å²) in [5.74, 6) is -2.07. The fourth-order valence-corrected chi connectivity index (χ4v) is 0.984. The summed E-state index contributed by atoms with van der Waals surface area (Å²) in [7, 11) is 0. The van der Waals surface area contributed by atoms with Crippen molar-refractivity contribution in [2.24, 2.45) is 22.5 Å². The Labute approximate surface area is 87.5 Å². The van der Waals surface area contributed by atoms with Gasteiger partial charge >= 0.3 is 0 Å². The maximum atomic E-state index is 11.5. The predicted octanol–water partition coefficient (Wildman–Crippen LogP) is -1.25. The van der Waals surface area contributed by atoms with Crippen LogP contribution in [0, 0.1) is 5.92 Å². The summed E-state index contributed by atoms with van der Waals surface area (Å²) in [6.45, 7) is 3.16. The van der Waals surface area contributed by atoms with E-state index in [1.54, 1.807) is 6.92 Å². The Kier molecular flexibility index (Phi) is 5.14. The summed E-state index contributed by atoms with van der Waals surface area (Å²) < 4.78 is 0. The largest absolute Gasteiger partial charge is 0.409 e. The van der Waals surface area contributed by atoms with Crippen LogP contribution in [0.4, 0.5) is 0 Å². The zero-order valence-corrected chi connectivity index (χ0v) is 8.73. The van der Waals surface area contributed by atoms with Crippen LogP contribution in [0.25, 0.3) is 0 Å². The summed E-state index contributed by atoms with van der Waals surface area (Å²) in [5, 5.41) is 13.5. The summed E-state index contributed by atoms with van der Waals surface area (Å²) >= 11 is 0. The van der Waals surface area contributed by atoms with E-state index in [0.717, 1.165) is 0 Å². The lowest BCUT2D eigenvalue weighted by atomic mass is 10.0. The highest BCUT2D eigenvalue weighted by Gasteiger charge is 2.23. The van der Waals surface area contributed by atoms with E-state index in [1.165, 1.54) is 6.92 Å². The number of rotatable bonds is 5. The molecule has 0 saturated heterocycles. The Morgan fingerprint density at radius 3 is 2.33 bits per heavy atom. The monoisotopic (exact) mass is 216 g/mol. The Balaban J connectivity index is 4.48. The van der Waals surface area contributed by atoms with Gasteiger partial charge in [0.15, 0.2) is 5.84 Å². The van der Waals surface area contributed by atoms with Crippen LogP contribution in [0.2, 0.25) is 0 Å². The molecule has 0 aromatic heterocycles. The first-order valence-electron chi connectivity index (χ1n) is 4.51. The Morgan fingerprint density at radius 2 is 2.00 bits per heavy atom. The van der Waals surface area contributed by atoms with Crippen LogP contribution in [0.3, 0.4) is 0 Å². The highest BCUT2D eigenvalue weighted by atomic mass is 16.4. The van der Waals surface area contributed by atoms with Crippen molar-refractivity contribution in [3.05, 3.63) is 0 Å². The number of amidine groups is 1. The lowest BCUT2D eigenvalue weighted by molar-refractivity contribution is -0.128.